The fourth-order valence-electron chi connectivity index (χ4n) is 3.89. The van der Waals surface area contributed by atoms with Gasteiger partial charge in [0.05, 0.1) is 10.7 Å². The lowest BCUT2D eigenvalue weighted by molar-refractivity contribution is -0.118. The zero-order chi connectivity index (χ0) is 21.6. The number of hydrogen-bond donors (Lipinski definition) is 7. The number of anilines is 5. The van der Waals surface area contributed by atoms with Crippen molar-refractivity contribution in [1.29, 1.82) is 0 Å². The summed E-state index contributed by atoms with van der Waals surface area (Å²) in [5.74, 6) is 1.36. The van der Waals surface area contributed by atoms with Gasteiger partial charge in [0.15, 0.2) is 0 Å². The van der Waals surface area contributed by atoms with Gasteiger partial charge >= 0.3 is 0 Å². The molecule has 2 aromatic rings. The lowest BCUT2D eigenvalue weighted by Gasteiger charge is -2.30. The molecule has 2 aliphatic heterocycles. The maximum atomic E-state index is 11.4. The van der Waals surface area contributed by atoms with Gasteiger partial charge in [0.25, 0.3) is 0 Å². The Bertz CT molecular complexity index is 909. The summed E-state index contributed by atoms with van der Waals surface area (Å²) in [4.78, 5) is 30.0. The Hall–Kier alpha value is -2.52. The summed E-state index contributed by atoms with van der Waals surface area (Å²) in [6.45, 7) is 3.21. The van der Waals surface area contributed by atoms with Gasteiger partial charge in [0, 0.05) is 37.6 Å². The van der Waals surface area contributed by atoms with Crippen molar-refractivity contribution in [1.82, 2.24) is 39.6 Å². The van der Waals surface area contributed by atoms with Crippen LogP contribution in [0.3, 0.4) is 0 Å². The van der Waals surface area contributed by atoms with Crippen LogP contribution in [0.5, 0.6) is 0 Å². The van der Waals surface area contributed by atoms with Crippen LogP contribution in [-0.4, -0.2) is 58.8 Å². The topological polar surface area (TPSA) is 247 Å². The lowest BCUT2D eigenvalue weighted by Crippen LogP contribution is -2.34. The van der Waals surface area contributed by atoms with Crippen molar-refractivity contribution < 1.29 is 15.6 Å². The summed E-state index contributed by atoms with van der Waals surface area (Å²) in [5, 5.41) is 15.0. The monoisotopic (exact) mass is 557 g/mol. The summed E-state index contributed by atoms with van der Waals surface area (Å²) >= 11 is 6.30. The highest BCUT2D eigenvalue weighted by atomic mass is 35.5. The molecule has 36 heavy (non-hydrogen) atoms. The SMILES string of the molecule is Cl.N.N.N.N.O=C(CO)Nc1ccc(Nc2nc(N3CCCCC3)nc(N3CCCCC3)n2)cc1Cl.[HH].[HH].[HH].[HH]. The average Bonchev–Trinajstić information content (AvgIpc) is 2.81. The van der Waals surface area contributed by atoms with Crippen LogP contribution in [0.25, 0.3) is 0 Å². The van der Waals surface area contributed by atoms with Crippen LogP contribution in [-0.2, 0) is 4.79 Å². The fraction of sp³-hybridized carbons (Fsp3) is 0.524. The van der Waals surface area contributed by atoms with E-state index >= 15 is 0 Å². The van der Waals surface area contributed by atoms with Gasteiger partial charge < -0.3 is 50.1 Å². The van der Waals surface area contributed by atoms with Crippen LogP contribution in [0.1, 0.15) is 44.2 Å². The number of nitrogens with zero attached hydrogens (tertiary/aromatic N) is 5. The average molecular weight is 559 g/mol. The molecule has 15 heteroatoms. The molecule has 1 aromatic heterocycles. The number of hydrogen-bond acceptors (Lipinski definition) is 12. The summed E-state index contributed by atoms with van der Waals surface area (Å²) < 4.78 is 0. The first kappa shape index (κ1) is 35.6. The van der Waals surface area contributed by atoms with E-state index in [1.807, 2.05) is 0 Å². The highest BCUT2D eigenvalue weighted by Gasteiger charge is 2.20. The molecule has 1 aromatic carbocycles. The second-order valence-corrected chi connectivity index (χ2v) is 8.29. The first-order valence-corrected chi connectivity index (χ1v) is 11.2. The van der Waals surface area contributed by atoms with Gasteiger partial charge in [0.1, 0.15) is 6.61 Å². The number of carbonyl (C=O) groups excluding carboxylic acids is 1. The Kier molecular flexibility index (Phi) is 16.9. The zero-order valence-corrected chi connectivity index (χ0v) is 22.3. The molecule has 2 aliphatic rings. The number of piperidine rings is 2. The number of aromatic nitrogens is 3. The van der Waals surface area contributed by atoms with E-state index in [0.29, 0.717) is 34.2 Å². The standard InChI is InChI=1S/C21H28ClN7O2.ClH.4H3N.4H2/c22-16-13-15(7-8-17(16)24-18(31)14-30)23-19-25-20(28-9-3-1-4-10-28)27-21(26-19)29-11-5-2-6-12-29;;;;;;;;;/h7-8,13,30H,1-6,9-12,14H2,(H,24,31)(H,23,25,26,27);1H;4*1H3;4*1H. The molecule has 1 amide bonds. The highest BCUT2D eigenvalue weighted by molar-refractivity contribution is 6.34. The normalized spacial score (nSPS) is 14.5. The minimum atomic E-state index is -0.597. The zero-order valence-electron chi connectivity index (χ0n) is 20.7. The molecule has 0 saturated carbocycles. The molecule has 214 valence electrons. The second kappa shape index (κ2) is 17.0. The third-order valence-electron chi connectivity index (χ3n) is 5.53. The van der Waals surface area contributed by atoms with Crippen molar-refractivity contribution in [2.24, 2.45) is 0 Å². The van der Waals surface area contributed by atoms with E-state index in [1.54, 1.807) is 18.2 Å². The Morgan fingerprint density at radius 2 is 1.39 bits per heavy atom. The molecular weight excluding hydrogens is 509 g/mol. The predicted molar refractivity (Wildman–Crippen MR) is 158 cm³/mol. The lowest BCUT2D eigenvalue weighted by atomic mass is 10.1. The van der Waals surface area contributed by atoms with E-state index in [9.17, 15) is 4.79 Å². The Labute approximate surface area is 229 Å². The highest BCUT2D eigenvalue weighted by Crippen LogP contribution is 2.28. The maximum Gasteiger partial charge on any atom is 0.250 e. The van der Waals surface area contributed by atoms with Gasteiger partial charge in [0.2, 0.25) is 23.8 Å². The van der Waals surface area contributed by atoms with Gasteiger partial charge in [-0.05, 0) is 56.7 Å². The maximum absolute atomic E-state index is 11.4. The molecule has 2 fully saturated rings. The van der Waals surface area contributed by atoms with E-state index in [1.165, 1.54) is 12.8 Å². The Balaban J connectivity index is -0.000000321. The third-order valence-corrected chi connectivity index (χ3v) is 5.85. The molecule has 0 spiro atoms. The molecule has 0 bridgehead atoms. The number of halogens is 2. The summed E-state index contributed by atoms with van der Waals surface area (Å²) in [5.41, 5.74) is 1.14. The summed E-state index contributed by atoms with van der Waals surface area (Å²) in [7, 11) is 0. The minimum absolute atomic E-state index is 0. The van der Waals surface area contributed by atoms with Crippen molar-refractivity contribution in [3.8, 4) is 0 Å². The molecule has 0 radical (unpaired) electrons. The number of aliphatic hydroxyl groups is 1. The van der Waals surface area contributed by atoms with Crippen molar-refractivity contribution in [2.75, 3.05) is 53.2 Å². The number of carbonyl (C=O) groups is 1. The number of rotatable bonds is 6. The number of aliphatic hydroxyl groups excluding tert-OH is 1. The predicted octanol–water partition coefficient (Wildman–Crippen LogP) is 5.23. The van der Waals surface area contributed by atoms with Gasteiger partial charge in [-0.25, -0.2) is 0 Å². The fourth-order valence-corrected chi connectivity index (χ4v) is 4.12. The van der Waals surface area contributed by atoms with Gasteiger partial charge in [-0.3, -0.25) is 4.79 Å². The van der Waals surface area contributed by atoms with Crippen molar-refractivity contribution >= 4 is 59.1 Å². The van der Waals surface area contributed by atoms with Crippen LogP contribution in [0, 0.1) is 0 Å². The smallest absolute Gasteiger partial charge is 0.250 e. The van der Waals surface area contributed by atoms with Crippen LogP contribution in [0.4, 0.5) is 29.2 Å². The summed E-state index contributed by atoms with van der Waals surface area (Å²) in [6, 6.07) is 5.15. The van der Waals surface area contributed by atoms with Crippen LogP contribution in [0.15, 0.2) is 18.2 Å². The van der Waals surface area contributed by atoms with E-state index < -0.39 is 12.5 Å². The largest absolute Gasteiger partial charge is 0.387 e. The molecule has 15 N–H and O–H groups in total. The molecule has 4 rings (SSSR count). The summed E-state index contributed by atoms with van der Waals surface area (Å²) in [6.07, 6.45) is 7.05. The van der Waals surface area contributed by atoms with Crippen LogP contribution < -0.4 is 45.0 Å². The quantitative estimate of drug-likeness (QED) is 0.241. The molecule has 13 nitrogen and oxygen atoms in total. The molecular formula is C21H49Cl2N11O2. The second-order valence-electron chi connectivity index (χ2n) is 7.88. The van der Waals surface area contributed by atoms with Crippen LogP contribution in [0.2, 0.25) is 5.02 Å². The van der Waals surface area contributed by atoms with E-state index in [4.69, 9.17) is 21.7 Å². The van der Waals surface area contributed by atoms with Crippen LogP contribution >= 0.6 is 24.0 Å². The van der Waals surface area contributed by atoms with E-state index in [2.05, 4.69) is 30.4 Å². The van der Waals surface area contributed by atoms with Crippen molar-refractivity contribution in [3.05, 3.63) is 23.2 Å². The Morgan fingerprint density at radius 1 is 0.889 bits per heavy atom. The first-order valence-electron chi connectivity index (χ1n) is 10.9. The van der Waals surface area contributed by atoms with Crippen molar-refractivity contribution in [2.45, 2.75) is 38.5 Å². The third kappa shape index (κ3) is 9.17. The van der Waals surface area contributed by atoms with Gasteiger partial charge in [-0.1, -0.05) is 11.6 Å². The first-order chi connectivity index (χ1) is 15.1. The van der Waals surface area contributed by atoms with Gasteiger partial charge in [-0.15, -0.1) is 12.4 Å². The molecule has 0 aliphatic carbocycles. The van der Waals surface area contributed by atoms with E-state index in [-0.39, 0.29) is 42.7 Å². The Morgan fingerprint density at radius 3 is 1.83 bits per heavy atom. The molecule has 0 atom stereocenters. The van der Waals surface area contributed by atoms with Gasteiger partial charge in [-0.2, -0.15) is 15.0 Å². The number of nitrogens with one attached hydrogen (secondary N) is 2. The molecule has 2 saturated heterocycles. The molecule has 0 unspecified atom stereocenters. The van der Waals surface area contributed by atoms with E-state index in [0.717, 1.165) is 51.9 Å². The number of benzene rings is 1. The number of amides is 1. The molecule has 3 heterocycles. The van der Waals surface area contributed by atoms with Crippen molar-refractivity contribution in [3.63, 3.8) is 0 Å². The minimum Gasteiger partial charge on any atom is -0.387 e.